The molecule has 1 N–H and O–H groups in total. The van der Waals surface area contributed by atoms with Gasteiger partial charge in [0.15, 0.2) is 6.10 Å². The Balaban J connectivity index is 1.64. The van der Waals surface area contributed by atoms with Gasteiger partial charge in [-0.25, -0.2) is 0 Å². The van der Waals surface area contributed by atoms with Gasteiger partial charge in [0.2, 0.25) is 0 Å². The molecule has 130 valence electrons. The second-order valence-corrected chi connectivity index (χ2v) is 6.28. The molecule has 1 unspecified atom stereocenters. The summed E-state index contributed by atoms with van der Waals surface area (Å²) in [7, 11) is 1.75. The van der Waals surface area contributed by atoms with Crippen molar-refractivity contribution in [1.82, 2.24) is 5.32 Å². The second kappa shape index (κ2) is 6.97. The molecule has 1 heterocycles. The molecule has 0 aromatic heterocycles. The monoisotopic (exact) mass is 338 g/mol. The molecule has 2 aromatic carbocycles. The topological polar surface area (TPSA) is 58.6 Å². The lowest BCUT2D eigenvalue weighted by Crippen LogP contribution is -2.42. The van der Waals surface area contributed by atoms with Crippen LogP contribution in [0.15, 0.2) is 42.5 Å². The minimum atomic E-state index is -0.461. The Labute approximate surface area is 147 Å². The van der Waals surface area contributed by atoms with Crippen molar-refractivity contribution in [3.8, 4) is 5.75 Å². The van der Waals surface area contributed by atoms with Gasteiger partial charge in [-0.15, -0.1) is 0 Å². The van der Waals surface area contributed by atoms with E-state index in [9.17, 15) is 9.59 Å². The van der Waals surface area contributed by atoms with Gasteiger partial charge in [0.05, 0.1) is 5.69 Å². The number of amides is 2. The Morgan fingerprint density at radius 2 is 2.00 bits per heavy atom. The fraction of sp³-hybridized carbons (Fsp3) is 0.300. The average molecular weight is 338 g/mol. The molecule has 1 aliphatic rings. The van der Waals surface area contributed by atoms with Crippen LogP contribution in [0.5, 0.6) is 5.75 Å². The van der Waals surface area contributed by atoms with E-state index in [1.807, 2.05) is 49.4 Å². The van der Waals surface area contributed by atoms with E-state index >= 15 is 0 Å². The van der Waals surface area contributed by atoms with Crippen LogP contribution in [0.2, 0.25) is 0 Å². The van der Waals surface area contributed by atoms with Crippen molar-refractivity contribution in [3.05, 3.63) is 59.2 Å². The number of likely N-dealkylation sites (N-methyl/N-ethyl adjacent to an activating group) is 1. The maximum Gasteiger partial charge on any atom is 0.267 e. The summed E-state index contributed by atoms with van der Waals surface area (Å²) >= 11 is 0. The Morgan fingerprint density at radius 1 is 1.24 bits per heavy atom. The van der Waals surface area contributed by atoms with Gasteiger partial charge in [0.25, 0.3) is 11.8 Å². The van der Waals surface area contributed by atoms with Crippen molar-refractivity contribution >= 4 is 17.5 Å². The van der Waals surface area contributed by atoms with Crippen LogP contribution in [0.3, 0.4) is 0 Å². The first kappa shape index (κ1) is 17.0. The molecule has 3 rings (SSSR count). The maximum absolute atomic E-state index is 12.2. The molecule has 0 radical (unpaired) electrons. The first-order valence-electron chi connectivity index (χ1n) is 8.38. The van der Waals surface area contributed by atoms with Crippen molar-refractivity contribution in [2.24, 2.45) is 0 Å². The van der Waals surface area contributed by atoms with E-state index in [2.05, 4.69) is 5.32 Å². The van der Waals surface area contributed by atoms with Crippen LogP contribution in [0.4, 0.5) is 5.69 Å². The van der Waals surface area contributed by atoms with Crippen LogP contribution in [-0.2, 0) is 11.2 Å². The van der Waals surface area contributed by atoms with E-state index in [-0.39, 0.29) is 11.8 Å². The SMILES string of the molecule is Cc1ccccc1C(=O)NCCc1ccc2c(c1)N(C)C(=O)C(C)O2. The molecule has 1 aliphatic heterocycles. The molecule has 2 aromatic rings. The van der Waals surface area contributed by atoms with Crippen LogP contribution in [0.25, 0.3) is 0 Å². The number of rotatable bonds is 4. The molecule has 5 heteroatoms. The van der Waals surface area contributed by atoms with Crippen molar-refractivity contribution < 1.29 is 14.3 Å². The molecule has 25 heavy (non-hydrogen) atoms. The van der Waals surface area contributed by atoms with E-state index in [0.29, 0.717) is 24.3 Å². The Bertz CT molecular complexity index is 816. The largest absolute Gasteiger partial charge is 0.479 e. The molecule has 5 nitrogen and oxygen atoms in total. The highest BCUT2D eigenvalue weighted by atomic mass is 16.5. The number of fused-ring (bicyclic) bond motifs is 1. The number of ether oxygens (including phenoxy) is 1. The third-order valence-corrected chi connectivity index (χ3v) is 4.46. The number of aryl methyl sites for hydroxylation is 1. The summed E-state index contributed by atoms with van der Waals surface area (Å²) in [6, 6.07) is 13.3. The minimum Gasteiger partial charge on any atom is -0.479 e. The van der Waals surface area contributed by atoms with Gasteiger partial charge in [0.1, 0.15) is 5.75 Å². The molecule has 0 spiro atoms. The summed E-state index contributed by atoms with van der Waals surface area (Å²) in [5.41, 5.74) is 3.47. The second-order valence-electron chi connectivity index (χ2n) is 6.28. The predicted octanol–water partition coefficient (Wildman–Crippen LogP) is 2.71. The lowest BCUT2D eigenvalue weighted by atomic mass is 10.1. The fourth-order valence-electron chi connectivity index (χ4n) is 2.96. The number of carbonyl (C=O) groups excluding carboxylic acids is 2. The third-order valence-electron chi connectivity index (χ3n) is 4.46. The van der Waals surface area contributed by atoms with Crippen molar-refractivity contribution in [2.45, 2.75) is 26.4 Å². The average Bonchev–Trinajstić information content (AvgIpc) is 2.60. The van der Waals surface area contributed by atoms with Gasteiger partial charge < -0.3 is 15.0 Å². The lowest BCUT2D eigenvalue weighted by molar-refractivity contribution is -0.125. The molecular weight excluding hydrogens is 316 g/mol. The number of carbonyl (C=O) groups is 2. The highest BCUT2D eigenvalue weighted by Gasteiger charge is 2.28. The molecule has 2 amide bonds. The van der Waals surface area contributed by atoms with Crippen LogP contribution in [0.1, 0.15) is 28.4 Å². The summed E-state index contributed by atoms with van der Waals surface area (Å²) in [5, 5.41) is 2.94. The van der Waals surface area contributed by atoms with E-state index in [1.165, 1.54) is 0 Å². The number of benzene rings is 2. The summed E-state index contributed by atoms with van der Waals surface area (Å²) in [6.45, 7) is 4.20. The molecular formula is C20H22N2O3. The number of hydrogen-bond donors (Lipinski definition) is 1. The summed E-state index contributed by atoms with van der Waals surface area (Å²) in [5.74, 6) is 0.584. The fourth-order valence-corrected chi connectivity index (χ4v) is 2.96. The first-order valence-corrected chi connectivity index (χ1v) is 8.38. The predicted molar refractivity (Wildman–Crippen MR) is 97.2 cm³/mol. The minimum absolute atomic E-state index is 0.0579. The third kappa shape index (κ3) is 3.50. The Kier molecular flexibility index (Phi) is 4.74. The van der Waals surface area contributed by atoms with Gasteiger partial charge >= 0.3 is 0 Å². The van der Waals surface area contributed by atoms with E-state index in [0.717, 1.165) is 16.8 Å². The quantitative estimate of drug-likeness (QED) is 0.932. The number of anilines is 1. The van der Waals surface area contributed by atoms with Crippen LogP contribution in [-0.4, -0.2) is 31.5 Å². The Hall–Kier alpha value is -2.82. The van der Waals surface area contributed by atoms with Gasteiger partial charge in [0, 0.05) is 19.2 Å². The summed E-state index contributed by atoms with van der Waals surface area (Å²) in [4.78, 5) is 25.9. The standard InChI is InChI=1S/C20H22N2O3/c1-13-6-4-5-7-16(13)19(23)21-11-10-15-8-9-18-17(12-15)22(3)20(24)14(2)25-18/h4-9,12,14H,10-11H2,1-3H3,(H,21,23). The van der Waals surface area contributed by atoms with Crippen LogP contribution < -0.4 is 15.0 Å². The number of hydrogen-bond acceptors (Lipinski definition) is 3. The molecule has 0 fully saturated rings. The zero-order chi connectivity index (χ0) is 18.0. The molecule has 1 atom stereocenters. The van der Waals surface area contributed by atoms with Gasteiger partial charge in [-0.05, 0) is 49.6 Å². The van der Waals surface area contributed by atoms with Gasteiger partial charge in [-0.3, -0.25) is 9.59 Å². The highest BCUT2D eigenvalue weighted by molar-refractivity contribution is 5.99. The number of nitrogens with zero attached hydrogens (tertiary/aromatic N) is 1. The van der Waals surface area contributed by atoms with E-state index in [1.54, 1.807) is 18.9 Å². The van der Waals surface area contributed by atoms with Crippen molar-refractivity contribution in [3.63, 3.8) is 0 Å². The van der Waals surface area contributed by atoms with Crippen LogP contribution >= 0.6 is 0 Å². The lowest BCUT2D eigenvalue weighted by Gasteiger charge is -2.30. The summed E-state index contributed by atoms with van der Waals surface area (Å²) in [6.07, 6.45) is 0.222. The first-order chi connectivity index (χ1) is 12.0. The molecule has 0 aliphatic carbocycles. The number of nitrogens with one attached hydrogen (secondary N) is 1. The maximum atomic E-state index is 12.2. The molecule has 0 saturated carbocycles. The van der Waals surface area contributed by atoms with Crippen molar-refractivity contribution in [1.29, 1.82) is 0 Å². The van der Waals surface area contributed by atoms with E-state index in [4.69, 9.17) is 4.74 Å². The Morgan fingerprint density at radius 3 is 2.76 bits per heavy atom. The zero-order valence-corrected chi connectivity index (χ0v) is 14.7. The normalized spacial score (nSPS) is 16.2. The van der Waals surface area contributed by atoms with Crippen molar-refractivity contribution in [2.75, 3.05) is 18.5 Å². The van der Waals surface area contributed by atoms with Gasteiger partial charge in [-0.1, -0.05) is 24.3 Å². The summed E-state index contributed by atoms with van der Waals surface area (Å²) < 4.78 is 5.62. The van der Waals surface area contributed by atoms with Gasteiger partial charge in [-0.2, -0.15) is 0 Å². The van der Waals surface area contributed by atoms with Crippen LogP contribution in [0, 0.1) is 6.92 Å². The smallest absolute Gasteiger partial charge is 0.267 e. The molecule has 0 bridgehead atoms. The van der Waals surface area contributed by atoms with E-state index < -0.39 is 6.10 Å². The molecule has 0 saturated heterocycles. The zero-order valence-electron chi connectivity index (χ0n) is 14.7. The highest BCUT2D eigenvalue weighted by Crippen LogP contribution is 2.33.